The third-order valence-electron chi connectivity index (χ3n) is 5.78. The molecule has 4 nitrogen and oxygen atoms in total. The monoisotopic (exact) mass is 315 g/mol. The molecule has 124 valence electrons. The molecule has 0 amide bonds. The Morgan fingerprint density at radius 2 is 1.87 bits per heavy atom. The highest BCUT2D eigenvalue weighted by atomic mass is 16.6. The van der Waals surface area contributed by atoms with Gasteiger partial charge in [-0.15, -0.1) is 0 Å². The van der Waals surface area contributed by atoms with E-state index >= 15 is 0 Å². The lowest BCUT2D eigenvalue weighted by Gasteiger charge is -2.44. The first kappa shape index (κ1) is 15.2. The van der Waals surface area contributed by atoms with Gasteiger partial charge in [-0.25, -0.2) is 4.79 Å². The number of benzene rings is 1. The van der Waals surface area contributed by atoms with Crippen LogP contribution in [0.1, 0.15) is 31.2 Å². The van der Waals surface area contributed by atoms with Gasteiger partial charge in [0.1, 0.15) is 6.10 Å². The Hall–Kier alpha value is -1.39. The van der Waals surface area contributed by atoms with Crippen LogP contribution in [0.25, 0.3) is 0 Å². The number of fused-ring (bicyclic) bond motifs is 3. The Kier molecular flexibility index (Phi) is 3.90. The van der Waals surface area contributed by atoms with E-state index in [-0.39, 0.29) is 12.0 Å². The van der Waals surface area contributed by atoms with Gasteiger partial charge in [0.2, 0.25) is 0 Å². The molecule has 0 spiro atoms. The molecular formula is C19H25NO3. The molecule has 0 radical (unpaired) electrons. The molecule has 1 N–H and O–H groups in total. The Bertz CT molecular complexity index is 563. The largest absolute Gasteiger partial charge is 0.459 e. The van der Waals surface area contributed by atoms with Crippen LogP contribution in [0.15, 0.2) is 30.3 Å². The second kappa shape index (κ2) is 5.91. The maximum Gasteiger partial charge on any atom is 0.339 e. The fourth-order valence-electron chi connectivity index (χ4n) is 4.13. The van der Waals surface area contributed by atoms with Crippen molar-refractivity contribution < 1.29 is 14.6 Å². The highest BCUT2D eigenvalue weighted by Gasteiger charge is 2.52. The summed E-state index contributed by atoms with van der Waals surface area (Å²) < 4.78 is 5.83. The van der Waals surface area contributed by atoms with E-state index in [1.54, 1.807) is 0 Å². The zero-order valence-electron chi connectivity index (χ0n) is 13.5. The first-order chi connectivity index (χ1) is 11.1. The Morgan fingerprint density at radius 3 is 2.43 bits per heavy atom. The molecule has 2 bridgehead atoms. The van der Waals surface area contributed by atoms with E-state index in [9.17, 15) is 9.90 Å². The minimum Gasteiger partial charge on any atom is -0.459 e. The number of ether oxygens (including phenoxy) is 1. The first-order valence-corrected chi connectivity index (χ1v) is 8.85. The fourth-order valence-corrected chi connectivity index (χ4v) is 4.13. The maximum absolute atomic E-state index is 12.8. The van der Waals surface area contributed by atoms with Gasteiger partial charge in [0.15, 0.2) is 5.60 Å². The van der Waals surface area contributed by atoms with Gasteiger partial charge in [-0.3, -0.25) is 4.90 Å². The van der Waals surface area contributed by atoms with E-state index in [4.69, 9.17) is 4.74 Å². The van der Waals surface area contributed by atoms with Gasteiger partial charge >= 0.3 is 5.97 Å². The molecule has 3 heterocycles. The first-order valence-electron chi connectivity index (χ1n) is 8.85. The van der Waals surface area contributed by atoms with Crippen molar-refractivity contribution in [1.82, 2.24) is 4.90 Å². The average Bonchev–Trinajstić information content (AvgIpc) is 3.42. The molecule has 3 aliphatic heterocycles. The topological polar surface area (TPSA) is 49.8 Å². The van der Waals surface area contributed by atoms with Crippen LogP contribution in [0, 0.1) is 11.8 Å². The summed E-state index contributed by atoms with van der Waals surface area (Å²) in [4.78, 5) is 15.2. The summed E-state index contributed by atoms with van der Waals surface area (Å²) in [6, 6.07) is 9.78. The van der Waals surface area contributed by atoms with Gasteiger partial charge in [0.05, 0.1) is 0 Å². The number of hydrogen-bond donors (Lipinski definition) is 1. The van der Waals surface area contributed by atoms with Crippen molar-refractivity contribution in [2.45, 2.75) is 43.8 Å². The number of piperidine rings is 3. The zero-order valence-corrected chi connectivity index (χ0v) is 13.5. The third-order valence-corrected chi connectivity index (χ3v) is 5.78. The summed E-state index contributed by atoms with van der Waals surface area (Å²) in [5, 5.41) is 11.1. The molecule has 23 heavy (non-hydrogen) atoms. The lowest BCUT2D eigenvalue weighted by Crippen LogP contribution is -2.54. The van der Waals surface area contributed by atoms with E-state index in [1.165, 1.54) is 0 Å². The van der Waals surface area contributed by atoms with Crippen LogP contribution in [0.5, 0.6) is 0 Å². The van der Waals surface area contributed by atoms with Gasteiger partial charge in [0.25, 0.3) is 0 Å². The van der Waals surface area contributed by atoms with E-state index in [1.807, 2.05) is 30.3 Å². The van der Waals surface area contributed by atoms with Gasteiger partial charge in [-0.1, -0.05) is 30.3 Å². The molecule has 4 aliphatic rings. The highest BCUT2D eigenvalue weighted by molar-refractivity contribution is 5.81. The average molecular weight is 315 g/mol. The molecule has 2 atom stereocenters. The lowest BCUT2D eigenvalue weighted by molar-refractivity contribution is -0.182. The van der Waals surface area contributed by atoms with Crippen molar-refractivity contribution in [3.63, 3.8) is 0 Å². The summed E-state index contributed by atoms with van der Waals surface area (Å²) in [6.45, 7) is 3.08. The molecule has 1 aromatic carbocycles. The molecule has 3 saturated heterocycles. The minimum atomic E-state index is -1.35. The van der Waals surface area contributed by atoms with Crippen LogP contribution in [0.3, 0.4) is 0 Å². The number of carbonyl (C=O) groups is 1. The maximum atomic E-state index is 12.8. The molecule has 4 heteroatoms. The summed E-state index contributed by atoms with van der Waals surface area (Å²) in [5.74, 6) is 0.128. The molecule has 1 aliphatic carbocycles. The predicted octanol–water partition coefficient (Wildman–Crippen LogP) is 2.01. The SMILES string of the molecule is O=C(O[C@@H]1CN2CCC1CC2)[C@](O)(Cc1ccccc1)C1CC1. The molecule has 0 unspecified atom stereocenters. The van der Waals surface area contributed by atoms with Gasteiger partial charge < -0.3 is 9.84 Å². The Labute approximate surface area is 137 Å². The lowest BCUT2D eigenvalue weighted by atomic mass is 9.85. The van der Waals surface area contributed by atoms with Crippen molar-refractivity contribution >= 4 is 5.97 Å². The van der Waals surface area contributed by atoms with E-state index < -0.39 is 11.6 Å². The van der Waals surface area contributed by atoms with E-state index in [0.717, 1.165) is 50.9 Å². The van der Waals surface area contributed by atoms with Gasteiger partial charge in [-0.2, -0.15) is 0 Å². The summed E-state index contributed by atoms with van der Waals surface area (Å²) in [7, 11) is 0. The number of aliphatic hydroxyl groups is 1. The van der Waals surface area contributed by atoms with Crippen molar-refractivity contribution in [1.29, 1.82) is 0 Å². The van der Waals surface area contributed by atoms with Crippen LogP contribution in [0.4, 0.5) is 0 Å². The summed E-state index contributed by atoms with van der Waals surface area (Å²) >= 11 is 0. The second-order valence-corrected chi connectivity index (χ2v) is 7.44. The Morgan fingerprint density at radius 1 is 1.17 bits per heavy atom. The van der Waals surface area contributed by atoms with Crippen molar-refractivity contribution in [3.05, 3.63) is 35.9 Å². The standard InChI is InChI=1S/C19H25NO3/c21-18(23-17-13-20-10-8-15(17)9-11-20)19(22,16-6-7-16)12-14-4-2-1-3-5-14/h1-5,15-17,22H,6-13H2/t17-,19+/m1/s1. The fraction of sp³-hybridized carbons (Fsp3) is 0.632. The normalized spacial score (nSPS) is 32.3. The number of esters is 1. The van der Waals surface area contributed by atoms with Crippen LogP contribution in [-0.4, -0.2) is 47.3 Å². The second-order valence-electron chi connectivity index (χ2n) is 7.44. The number of nitrogens with zero attached hydrogens (tertiary/aromatic N) is 1. The van der Waals surface area contributed by atoms with Crippen LogP contribution >= 0.6 is 0 Å². The molecular weight excluding hydrogens is 290 g/mol. The predicted molar refractivity (Wildman–Crippen MR) is 86.9 cm³/mol. The van der Waals surface area contributed by atoms with Crippen molar-refractivity contribution in [2.75, 3.05) is 19.6 Å². The van der Waals surface area contributed by atoms with Gasteiger partial charge in [-0.05, 0) is 56.2 Å². The molecule has 1 aromatic rings. The molecule has 5 rings (SSSR count). The van der Waals surface area contributed by atoms with Crippen LogP contribution in [0.2, 0.25) is 0 Å². The summed E-state index contributed by atoms with van der Waals surface area (Å²) in [6.07, 6.45) is 4.37. The third kappa shape index (κ3) is 3.02. The Balaban J connectivity index is 1.47. The van der Waals surface area contributed by atoms with Crippen molar-refractivity contribution in [3.8, 4) is 0 Å². The number of rotatable bonds is 5. The van der Waals surface area contributed by atoms with Crippen molar-refractivity contribution in [2.24, 2.45) is 11.8 Å². The minimum absolute atomic E-state index is 0.0361. The molecule has 1 saturated carbocycles. The molecule has 4 fully saturated rings. The van der Waals surface area contributed by atoms with Crippen LogP contribution < -0.4 is 0 Å². The molecule has 0 aromatic heterocycles. The highest BCUT2D eigenvalue weighted by Crippen LogP contribution is 2.43. The smallest absolute Gasteiger partial charge is 0.339 e. The van der Waals surface area contributed by atoms with E-state index in [0.29, 0.717) is 12.3 Å². The van der Waals surface area contributed by atoms with Gasteiger partial charge in [0, 0.05) is 13.0 Å². The zero-order chi connectivity index (χ0) is 15.9. The van der Waals surface area contributed by atoms with E-state index in [2.05, 4.69) is 4.90 Å². The number of carbonyl (C=O) groups excluding carboxylic acids is 1. The van der Waals surface area contributed by atoms with Crippen LogP contribution in [-0.2, 0) is 16.0 Å². The quantitative estimate of drug-likeness (QED) is 0.845. The summed E-state index contributed by atoms with van der Waals surface area (Å²) in [5.41, 5.74) is -0.360. The number of hydrogen-bond acceptors (Lipinski definition) is 4.